The monoisotopic (exact) mass is 343 g/mol. The van der Waals surface area contributed by atoms with Gasteiger partial charge >= 0.3 is 0 Å². The molecule has 1 atom stereocenters. The Balaban J connectivity index is 2.04. The lowest BCUT2D eigenvalue weighted by Gasteiger charge is -2.15. The minimum absolute atomic E-state index is 0.101. The third-order valence-electron chi connectivity index (χ3n) is 3.82. The van der Waals surface area contributed by atoms with Crippen LogP contribution >= 0.6 is 0 Å². The maximum absolute atomic E-state index is 12.3. The normalized spacial score (nSPS) is 12.8. The van der Waals surface area contributed by atoms with Crippen LogP contribution in [0.1, 0.15) is 42.5 Å². The summed E-state index contributed by atoms with van der Waals surface area (Å²) < 4.78 is 27.0. The lowest BCUT2D eigenvalue weighted by molar-refractivity contribution is 0.572. The average Bonchev–Trinajstić information content (AvgIpc) is 2.60. The molecule has 0 saturated heterocycles. The summed E-state index contributed by atoms with van der Waals surface area (Å²) in [6.07, 6.45) is 0. The molecule has 0 aliphatic carbocycles. The van der Waals surface area contributed by atoms with Crippen molar-refractivity contribution in [3.05, 3.63) is 65.2 Å². The molecule has 2 rings (SSSR count). The molecule has 0 aromatic heterocycles. The van der Waals surface area contributed by atoms with Gasteiger partial charge in [0.05, 0.1) is 16.5 Å². The van der Waals surface area contributed by atoms with E-state index in [-0.39, 0.29) is 11.4 Å². The molecule has 0 spiro atoms. The predicted octanol–water partition coefficient (Wildman–Crippen LogP) is 2.66. The Hall–Kier alpha value is -2.20. The highest BCUT2D eigenvalue weighted by atomic mass is 32.2. The number of nitrogens with zero attached hydrogens (tertiary/aromatic N) is 1. The van der Waals surface area contributed by atoms with Gasteiger partial charge in [0, 0.05) is 12.6 Å². The number of nitrogens with two attached hydrogens (primary N) is 1. The van der Waals surface area contributed by atoms with Crippen molar-refractivity contribution in [3.63, 3.8) is 0 Å². The van der Waals surface area contributed by atoms with Crippen LogP contribution in [-0.4, -0.2) is 15.0 Å². The summed E-state index contributed by atoms with van der Waals surface area (Å²) in [5, 5.41) is 8.76. The van der Waals surface area contributed by atoms with E-state index in [0.717, 1.165) is 5.56 Å². The Kier molecular flexibility index (Phi) is 5.73. The maximum Gasteiger partial charge on any atom is 0.240 e. The second kappa shape index (κ2) is 7.58. The van der Waals surface area contributed by atoms with Crippen LogP contribution in [0.25, 0.3) is 0 Å². The van der Waals surface area contributed by atoms with E-state index >= 15 is 0 Å². The Morgan fingerprint density at radius 1 is 1.04 bits per heavy atom. The van der Waals surface area contributed by atoms with Crippen molar-refractivity contribution >= 4 is 10.0 Å². The number of nitrogens with one attached hydrogen (secondary N) is 1. The molecule has 0 bridgehead atoms. The predicted molar refractivity (Wildman–Crippen MR) is 93.8 cm³/mol. The average molecular weight is 343 g/mol. The Morgan fingerprint density at radius 3 is 2.08 bits per heavy atom. The van der Waals surface area contributed by atoms with E-state index < -0.39 is 16.1 Å². The maximum atomic E-state index is 12.3. The summed E-state index contributed by atoms with van der Waals surface area (Å²) in [5.74, 6) is 0.435. The number of nitriles is 1. The molecule has 0 fully saturated rings. The number of hydrogen-bond donors (Lipinski definition) is 2. The second-order valence-corrected chi connectivity index (χ2v) is 7.68. The minimum Gasteiger partial charge on any atom is -0.323 e. The van der Waals surface area contributed by atoms with Crippen molar-refractivity contribution in [1.82, 2.24) is 4.72 Å². The SMILES string of the molecule is CC(C)c1ccc(C(N)CNS(=O)(=O)c2ccc(C#N)cc2)cc1. The topological polar surface area (TPSA) is 96.0 Å². The van der Waals surface area contributed by atoms with Gasteiger partial charge < -0.3 is 5.73 Å². The van der Waals surface area contributed by atoms with E-state index in [1.165, 1.54) is 29.8 Å². The number of benzene rings is 2. The fraction of sp³-hybridized carbons (Fsp3) is 0.278. The Morgan fingerprint density at radius 2 is 1.58 bits per heavy atom. The molecule has 0 radical (unpaired) electrons. The van der Waals surface area contributed by atoms with Crippen molar-refractivity contribution in [1.29, 1.82) is 5.26 Å². The summed E-state index contributed by atoms with van der Waals surface area (Å²) in [4.78, 5) is 0.115. The van der Waals surface area contributed by atoms with Crippen LogP contribution < -0.4 is 10.5 Å². The molecule has 1 unspecified atom stereocenters. The lowest BCUT2D eigenvalue weighted by Crippen LogP contribution is -2.32. The fourth-order valence-corrected chi connectivity index (χ4v) is 3.30. The van der Waals surface area contributed by atoms with Gasteiger partial charge in [-0.05, 0) is 41.3 Å². The van der Waals surface area contributed by atoms with Crippen molar-refractivity contribution < 1.29 is 8.42 Å². The van der Waals surface area contributed by atoms with Crippen molar-refractivity contribution in [3.8, 4) is 6.07 Å². The highest BCUT2D eigenvalue weighted by Crippen LogP contribution is 2.18. The molecule has 0 aliphatic rings. The van der Waals surface area contributed by atoms with E-state index in [1.807, 2.05) is 30.3 Å². The van der Waals surface area contributed by atoms with Crippen LogP contribution in [0.3, 0.4) is 0 Å². The zero-order chi connectivity index (χ0) is 17.7. The van der Waals surface area contributed by atoms with Crippen molar-refractivity contribution in [2.45, 2.75) is 30.7 Å². The molecule has 0 aliphatic heterocycles. The number of sulfonamides is 1. The largest absolute Gasteiger partial charge is 0.323 e. The first-order valence-corrected chi connectivity index (χ1v) is 9.17. The molecular weight excluding hydrogens is 322 g/mol. The third kappa shape index (κ3) is 4.42. The molecule has 6 heteroatoms. The highest BCUT2D eigenvalue weighted by Gasteiger charge is 2.16. The Labute approximate surface area is 143 Å². The smallest absolute Gasteiger partial charge is 0.240 e. The summed E-state index contributed by atoms with van der Waals surface area (Å²) in [5.41, 5.74) is 8.58. The van der Waals surface area contributed by atoms with Gasteiger partial charge in [-0.2, -0.15) is 5.26 Å². The summed E-state index contributed by atoms with van der Waals surface area (Å²) in [6, 6.07) is 15.2. The van der Waals surface area contributed by atoms with E-state index in [2.05, 4.69) is 18.6 Å². The molecular formula is C18H21N3O2S. The molecule has 126 valence electrons. The molecule has 2 aromatic carbocycles. The van der Waals surface area contributed by atoms with Gasteiger partial charge in [0.2, 0.25) is 10.0 Å². The van der Waals surface area contributed by atoms with Gasteiger partial charge in [-0.1, -0.05) is 38.1 Å². The van der Waals surface area contributed by atoms with E-state index in [9.17, 15) is 8.42 Å². The molecule has 3 N–H and O–H groups in total. The van der Waals surface area contributed by atoms with E-state index in [0.29, 0.717) is 11.5 Å². The van der Waals surface area contributed by atoms with Gasteiger partial charge in [-0.3, -0.25) is 0 Å². The van der Waals surface area contributed by atoms with Crippen LogP contribution in [0.5, 0.6) is 0 Å². The summed E-state index contributed by atoms with van der Waals surface area (Å²) >= 11 is 0. The first-order chi connectivity index (χ1) is 11.3. The number of hydrogen-bond acceptors (Lipinski definition) is 4. The van der Waals surface area contributed by atoms with Crippen LogP contribution in [0.4, 0.5) is 0 Å². The first-order valence-electron chi connectivity index (χ1n) is 7.69. The Bertz CT molecular complexity index is 820. The molecule has 24 heavy (non-hydrogen) atoms. The van der Waals surface area contributed by atoms with E-state index in [1.54, 1.807) is 0 Å². The van der Waals surface area contributed by atoms with Gasteiger partial charge in [0.25, 0.3) is 0 Å². The third-order valence-corrected chi connectivity index (χ3v) is 5.26. The first kappa shape index (κ1) is 18.1. The standard InChI is InChI=1S/C18H21N3O2S/c1-13(2)15-5-7-16(8-6-15)18(20)12-21-24(22,23)17-9-3-14(11-19)4-10-17/h3-10,13,18,21H,12,20H2,1-2H3. The molecule has 5 nitrogen and oxygen atoms in total. The highest BCUT2D eigenvalue weighted by molar-refractivity contribution is 7.89. The second-order valence-electron chi connectivity index (χ2n) is 5.92. The van der Waals surface area contributed by atoms with Gasteiger partial charge in [0.15, 0.2) is 0 Å². The molecule has 2 aromatic rings. The van der Waals surface area contributed by atoms with Crippen molar-refractivity contribution in [2.24, 2.45) is 5.73 Å². The number of rotatable bonds is 6. The zero-order valence-electron chi connectivity index (χ0n) is 13.7. The minimum atomic E-state index is -3.65. The van der Waals surface area contributed by atoms with E-state index in [4.69, 9.17) is 11.0 Å². The van der Waals surface area contributed by atoms with Gasteiger partial charge in [0.1, 0.15) is 0 Å². The van der Waals surface area contributed by atoms with Gasteiger partial charge in [-0.25, -0.2) is 13.1 Å². The summed E-state index contributed by atoms with van der Waals surface area (Å²) in [6.45, 7) is 4.32. The quantitative estimate of drug-likeness (QED) is 0.843. The van der Waals surface area contributed by atoms with Crippen molar-refractivity contribution in [2.75, 3.05) is 6.54 Å². The summed E-state index contributed by atoms with van der Waals surface area (Å²) in [7, 11) is -3.65. The molecule has 0 heterocycles. The zero-order valence-corrected chi connectivity index (χ0v) is 14.5. The van der Waals surface area contributed by atoms with Crippen LogP contribution in [0, 0.1) is 11.3 Å². The van der Waals surface area contributed by atoms with Crippen LogP contribution in [0.2, 0.25) is 0 Å². The van der Waals surface area contributed by atoms with Crippen LogP contribution in [0.15, 0.2) is 53.4 Å². The molecule has 0 saturated carbocycles. The van der Waals surface area contributed by atoms with Crippen LogP contribution in [-0.2, 0) is 10.0 Å². The molecule has 0 amide bonds. The van der Waals surface area contributed by atoms with Gasteiger partial charge in [-0.15, -0.1) is 0 Å². The fourth-order valence-electron chi connectivity index (χ4n) is 2.24. The lowest BCUT2D eigenvalue weighted by atomic mass is 9.99.